The van der Waals surface area contributed by atoms with E-state index < -0.39 is 0 Å². The van der Waals surface area contributed by atoms with Crippen molar-refractivity contribution in [3.63, 3.8) is 0 Å². The van der Waals surface area contributed by atoms with Crippen molar-refractivity contribution < 1.29 is 9.18 Å². The molecule has 1 aliphatic carbocycles. The first-order valence-corrected chi connectivity index (χ1v) is 5.84. The van der Waals surface area contributed by atoms with Crippen molar-refractivity contribution in [2.45, 2.75) is 32.1 Å². The number of rotatable bonds is 3. The second kappa shape index (κ2) is 5.24. The predicted molar refractivity (Wildman–Crippen MR) is 61.4 cm³/mol. The van der Waals surface area contributed by atoms with Gasteiger partial charge in [0.15, 0.2) is 0 Å². The van der Waals surface area contributed by atoms with E-state index in [-0.39, 0.29) is 11.7 Å². The van der Waals surface area contributed by atoms with Crippen LogP contribution in [0.15, 0.2) is 24.3 Å². The Labute approximate surface area is 95.7 Å². The highest BCUT2D eigenvalue weighted by atomic mass is 19.1. The van der Waals surface area contributed by atoms with Crippen LogP contribution in [0.25, 0.3) is 0 Å². The van der Waals surface area contributed by atoms with Crippen molar-refractivity contribution in [2.75, 3.05) is 0 Å². The number of Topliss-reactive ketones (excluding diaryl/α,β-unsaturated/α-hetero) is 1. The van der Waals surface area contributed by atoms with E-state index in [9.17, 15) is 9.18 Å². The molecule has 0 unspecified atom stereocenters. The summed E-state index contributed by atoms with van der Waals surface area (Å²) in [6.07, 6.45) is 6.78. The zero-order valence-corrected chi connectivity index (χ0v) is 9.29. The molecule has 0 amide bonds. The summed E-state index contributed by atoms with van der Waals surface area (Å²) in [4.78, 5) is 11.9. The van der Waals surface area contributed by atoms with Crippen LogP contribution in [0.4, 0.5) is 4.39 Å². The third-order valence-corrected chi connectivity index (χ3v) is 3.19. The van der Waals surface area contributed by atoms with Gasteiger partial charge in [-0.15, -0.1) is 0 Å². The molecule has 2 heteroatoms. The normalized spacial score (nSPS) is 17.3. The van der Waals surface area contributed by atoms with E-state index in [4.69, 9.17) is 0 Å². The number of carbonyl (C=O) groups excluding carboxylic acids is 1. The molecule has 1 aromatic carbocycles. The number of hydrogen-bond acceptors (Lipinski definition) is 1. The molecule has 0 bridgehead atoms. The summed E-state index contributed by atoms with van der Waals surface area (Å²) in [5, 5.41) is 0. The number of benzene rings is 1. The third-order valence-electron chi connectivity index (χ3n) is 3.19. The minimum absolute atomic E-state index is 0.218. The van der Waals surface area contributed by atoms with E-state index in [1.54, 1.807) is 12.1 Å². The Bertz CT molecular complexity index is 350. The van der Waals surface area contributed by atoms with Gasteiger partial charge in [0.05, 0.1) is 0 Å². The quantitative estimate of drug-likeness (QED) is 0.762. The van der Waals surface area contributed by atoms with E-state index in [2.05, 4.69) is 6.42 Å². The lowest BCUT2D eigenvalue weighted by molar-refractivity contribution is -0.122. The van der Waals surface area contributed by atoms with Gasteiger partial charge < -0.3 is 0 Å². The van der Waals surface area contributed by atoms with Crippen molar-refractivity contribution >= 4 is 5.78 Å². The molecule has 2 rings (SSSR count). The number of ketones is 1. The fourth-order valence-corrected chi connectivity index (χ4v) is 2.20. The number of carbonyl (C=O) groups is 1. The third kappa shape index (κ3) is 2.91. The van der Waals surface area contributed by atoms with Gasteiger partial charge in [-0.2, -0.15) is 0 Å². The fraction of sp³-hybridized carbons (Fsp3) is 0.429. The molecule has 1 fully saturated rings. The van der Waals surface area contributed by atoms with Crippen molar-refractivity contribution in [3.05, 3.63) is 42.1 Å². The monoisotopic (exact) mass is 219 g/mol. The Kier molecular flexibility index (Phi) is 3.70. The van der Waals surface area contributed by atoms with Crippen molar-refractivity contribution in [1.29, 1.82) is 0 Å². The van der Waals surface area contributed by atoms with Gasteiger partial charge in [-0.1, -0.05) is 12.1 Å². The van der Waals surface area contributed by atoms with Crippen LogP contribution >= 0.6 is 0 Å². The first-order valence-electron chi connectivity index (χ1n) is 5.84. The maximum atomic E-state index is 12.7. The van der Waals surface area contributed by atoms with Gasteiger partial charge in [-0.25, -0.2) is 4.39 Å². The lowest BCUT2D eigenvalue weighted by Gasteiger charge is -2.19. The second-order valence-electron chi connectivity index (χ2n) is 4.41. The minimum Gasteiger partial charge on any atom is -0.299 e. The average Bonchev–Trinajstić information content (AvgIpc) is 2.33. The topological polar surface area (TPSA) is 17.1 Å². The molecule has 0 N–H and O–H groups in total. The molecule has 1 aromatic rings. The van der Waals surface area contributed by atoms with Crippen LogP contribution in [0.2, 0.25) is 0 Å². The molecule has 1 radical (unpaired) electrons. The lowest BCUT2D eigenvalue weighted by atomic mass is 9.84. The summed E-state index contributed by atoms with van der Waals surface area (Å²) in [6, 6.07) is 6.22. The highest BCUT2D eigenvalue weighted by Crippen LogP contribution is 2.24. The Balaban J connectivity index is 1.93. The number of halogens is 1. The minimum atomic E-state index is -0.247. The van der Waals surface area contributed by atoms with Gasteiger partial charge >= 0.3 is 0 Å². The highest BCUT2D eigenvalue weighted by molar-refractivity contribution is 5.83. The zero-order chi connectivity index (χ0) is 11.4. The van der Waals surface area contributed by atoms with E-state index in [0.29, 0.717) is 12.2 Å². The molecule has 0 saturated heterocycles. The standard InChI is InChI=1S/C14H16FO/c15-13-8-6-11(7-9-13)10-14(16)12-4-2-1-3-5-12/h1,6-9,12H,2-5,10H2. The molecule has 0 aliphatic heterocycles. The van der Waals surface area contributed by atoms with Crippen molar-refractivity contribution in [2.24, 2.45) is 5.92 Å². The van der Waals surface area contributed by atoms with E-state index in [1.165, 1.54) is 12.1 Å². The van der Waals surface area contributed by atoms with Gasteiger partial charge in [0.1, 0.15) is 11.6 Å². The average molecular weight is 219 g/mol. The van der Waals surface area contributed by atoms with Crippen LogP contribution in [0, 0.1) is 18.2 Å². The van der Waals surface area contributed by atoms with Crippen LogP contribution in [0.3, 0.4) is 0 Å². The lowest BCUT2D eigenvalue weighted by Crippen LogP contribution is -2.19. The molecule has 0 aromatic heterocycles. The number of hydrogen-bond donors (Lipinski definition) is 0. The summed E-state index contributed by atoms with van der Waals surface area (Å²) < 4.78 is 12.7. The van der Waals surface area contributed by atoms with Gasteiger partial charge in [-0.3, -0.25) is 4.79 Å². The Morgan fingerprint density at radius 2 is 1.81 bits per heavy atom. The first-order chi connectivity index (χ1) is 7.75. The molecule has 1 aliphatic rings. The van der Waals surface area contributed by atoms with E-state index in [1.807, 2.05) is 0 Å². The van der Waals surface area contributed by atoms with Crippen LogP contribution in [-0.4, -0.2) is 5.78 Å². The summed E-state index contributed by atoms with van der Waals surface area (Å²) in [5.41, 5.74) is 0.918. The van der Waals surface area contributed by atoms with Gasteiger partial charge in [-0.05, 0) is 49.8 Å². The van der Waals surface area contributed by atoms with Crippen LogP contribution in [0.5, 0.6) is 0 Å². The second-order valence-corrected chi connectivity index (χ2v) is 4.41. The van der Waals surface area contributed by atoms with Gasteiger partial charge in [0.2, 0.25) is 0 Å². The molecule has 16 heavy (non-hydrogen) atoms. The smallest absolute Gasteiger partial charge is 0.140 e. The first kappa shape index (κ1) is 11.3. The SMILES string of the molecule is O=C(Cc1ccc(F)cc1)C1CC[CH]CC1. The van der Waals surface area contributed by atoms with Crippen molar-refractivity contribution in [3.8, 4) is 0 Å². The van der Waals surface area contributed by atoms with Crippen LogP contribution in [-0.2, 0) is 11.2 Å². The molecular weight excluding hydrogens is 203 g/mol. The molecule has 1 nitrogen and oxygen atoms in total. The molecule has 1 saturated carbocycles. The predicted octanol–water partition coefficient (Wildman–Crippen LogP) is 3.33. The molecule has 85 valence electrons. The molecule has 0 spiro atoms. The molecule has 0 heterocycles. The maximum absolute atomic E-state index is 12.7. The van der Waals surface area contributed by atoms with E-state index >= 15 is 0 Å². The van der Waals surface area contributed by atoms with E-state index in [0.717, 1.165) is 31.2 Å². The summed E-state index contributed by atoms with van der Waals surface area (Å²) in [5.74, 6) is 0.276. The Morgan fingerprint density at radius 1 is 1.19 bits per heavy atom. The summed E-state index contributed by atoms with van der Waals surface area (Å²) >= 11 is 0. The molecular formula is C14H16FO. The Morgan fingerprint density at radius 3 is 2.44 bits per heavy atom. The van der Waals surface area contributed by atoms with Crippen LogP contribution < -0.4 is 0 Å². The van der Waals surface area contributed by atoms with Crippen LogP contribution in [0.1, 0.15) is 31.2 Å². The van der Waals surface area contributed by atoms with Gasteiger partial charge in [0.25, 0.3) is 0 Å². The Hall–Kier alpha value is -1.18. The maximum Gasteiger partial charge on any atom is 0.140 e. The zero-order valence-electron chi connectivity index (χ0n) is 9.29. The van der Waals surface area contributed by atoms with Gasteiger partial charge in [0, 0.05) is 12.3 Å². The summed E-state index contributed by atoms with van der Waals surface area (Å²) in [7, 11) is 0. The van der Waals surface area contributed by atoms with Crippen molar-refractivity contribution in [1.82, 2.24) is 0 Å². The summed E-state index contributed by atoms with van der Waals surface area (Å²) in [6.45, 7) is 0. The largest absolute Gasteiger partial charge is 0.299 e. The molecule has 0 atom stereocenters. The highest BCUT2D eigenvalue weighted by Gasteiger charge is 2.20. The fourth-order valence-electron chi connectivity index (χ4n) is 2.20.